The Labute approximate surface area is 110 Å². The minimum absolute atomic E-state index is 0.0957. The molecule has 1 fully saturated rings. The molecule has 3 atom stereocenters. The van der Waals surface area contributed by atoms with Crippen LogP contribution in [0.5, 0.6) is 0 Å². The van der Waals surface area contributed by atoms with Gasteiger partial charge in [0.05, 0.1) is 19.3 Å². The van der Waals surface area contributed by atoms with Gasteiger partial charge in [0.2, 0.25) is 0 Å². The molecular formula is C15H26O3. The molecule has 1 aliphatic heterocycles. The maximum absolute atomic E-state index is 9.42. The number of allylic oxidation sites excluding steroid dienone is 1. The average molecular weight is 254 g/mol. The molecule has 0 radical (unpaired) electrons. The lowest BCUT2D eigenvalue weighted by Crippen LogP contribution is -2.47. The topological polar surface area (TPSA) is 38.7 Å². The van der Waals surface area contributed by atoms with Crippen LogP contribution in [0.25, 0.3) is 0 Å². The molecule has 0 aromatic rings. The fourth-order valence-electron chi connectivity index (χ4n) is 2.75. The fourth-order valence-corrected chi connectivity index (χ4v) is 2.75. The second-order valence-electron chi connectivity index (χ2n) is 6.26. The van der Waals surface area contributed by atoms with Crippen LogP contribution in [-0.4, -0.2) is 30.2 Å². The van der Waals surface area contributed by atoms with E-state index in [4.69, 9.17) is 9.47 Å². The summed E-state index contributed by atoms with van der Waals surface area (Å²) < 4.78 is 11.6. The Morgan fingerprint density at radius 2 is 2.22 bits per heavy atom. The van der Waals surface area contributed by atoms with Crippen LogP contribution >= 0.6 is 0 Å². The number of aliphatic hydroxyl groups is 1. The molecule has 0 bridgehead atoms. The summed E-state index contributed by atoms with van der Waals surface area (Å²) in [4.78, 5) is 0. The highest BCUT2D eigenvalue weighted by Gasteiger charge is 2.36. The number of rotatable bonds is 3. The molecule has 0 spiro atoms. The molecule has 0 aromatic heterocycles. The molecule has 2 aliphatic rings. The van der Waals surface area contributed by atoms with Crippen LogP contribution in [0.15, 0.2) is 11.6 Å². The zero-order valence-corrected chi connectivity index (χ0v) is 11.8. The first-order valence-corrected chi connectivity index (χ1v) is 7.10. The molecule has 3 nitrogen and oxygen atoms in total. The molecule has 2 rings (SSSR count). The maximum atomic E-state index is 9.42. The highest BCUT2D eigenvalue weighted by atomic mass is 16.7. The Kier molecular flexibility index (Phi) is 4.46. The van der Waals surface area contributed by atoms with E-state index in [0.717, 1.165) is 12.3 Å². The van der Waals surface area contributed by atoms with Crippen LogP contribution in [0, 0.1) is 11.8 Å². The Morgan fingerprint density at radius 3 is 2.83 bits per heavy atom. The van der Waals surface area contributed by atoms with Gasteiger partial charge in [0.1, 0.15) is 0 Å². The van der Waals surface area contributed by atoms with E-state index in [2.05, 4.69) is 13.0 Å². The number of hydrogen-bond donors (Lipinski definition) is 1. The molecule has 1 aliphatic carbocycles. The standard InChI is InChI=1S/C15H26O3/c1-11-4-6-12(7-5-11)8-14-13(9-16)10-17-15(2,3)18-14/h6,11,13-14,16H,4-5,7-10H2,1-3H3/t11-,13+,14+/m0/s1. The third kappa shape index (κ3) is 3.56. The van der Waals surface area contributed by atoms with Crippen molar-refractivity contribution in [3.05, 3.63) is 11.6 Å². The van der Waals surface area contributed by atoms with Crippen molar-refractivity contribution in [2.45, 2.75) is 58.3 Å². The molecule has 0 aromatic carbocycles. The molecule has 1 heterocycles. The van der Waals surface area contributed by atoms with E-state index >= 15 is 0 Å². The highest BCUT2D eigenvalue weighted by molar-refractivity contribution is 5.08. The number of aliphatic hydroxyl groups excluding tert-OH is 1. The smallest absolute Gasteiger partial charge is 0.163 e. The first-order chi connectivity index (χ1) is 8.50. The zero-order valence-electron chi connectivity index (χ0n) is 11.8. The van der Waals surface area contributed by atoms with Crippen molar-refractivity contribution in [2.75, 3.05) is 13.2 Å². The predicted octanol–water partition coefficient (Wildman–Crippen LogP) is 2.88. The first kappa shape index (κ1) is 14.0. The summed E-state index contributed by atoms with van der Waals surface area (Å²) in [6.07, 6.45) is 7.06. The van der Waals surface area contributed by atoms with Gasteiger partial charge in [-0.15, -0.1) is 0 Å². The second-order valence-corrected chi connectivity index (χ2v) is 6.26. The summed E-state index contributed by atoms with van der Waals surface area (Å²) in [6.45, 7) is 6.94. The third-order valence-electron chi connectivity index (χ3n) is 4.07. The monoisotopic (exact) mass is 254 g/mol. The second kappa shape index (κ2) is 5.72. The quantitative estimate of drug-likeness (QED) is 0.787. The molecule has 0 unspecified atom stereocenters. The van der Waals surface area contributed by atoms with Crippen LogP contribution in [0.2, 0.25) is 0 Å². The Hall–Kier alpha value is -0.380. The third-order valence-corrected chi connectivity index (χ3v) is 4.07. The minimum Gasteiger partial charge on any atom is -0.396 e. The van der Waals surface area contributed by atoms with E-state index < -0.39 is 5.79 Å². The summed E-state index contributed by atoms with van der Waals surface area (Å²) in [5.74, 6) is 0.409. The maximum Gasteiger partial charge on any atom is 0.163 e. The summed E-state index contributed by atoms with van der Waals surface area (Å²) >= 11 is 0. The Balaban J connectivity index is 1.96. The van der Waals surface area contributed by atoms with Gasteiger partial charge >= 0.3 is 0 Å². The van der Waals surface area contributed by atoms with E-state index in [1.165, 1.54) is 24.8 Å². The van der Waals surface area contributed by atoms with Gasteiger partial charge in [-0.2, -0.15) is 0 Å². The fraction of sp³-hybridized carbons (Fsp3) is 0.867. The Morgan fingerprint density at radius 1 is 1.44 bits per heavy atom. The normalized spacial score (nSPS) is 36.2. The molecule has 0 amide bonds. The van der Waals surface area contributed by atoms with E-state index in [1.807, 2.05) is 13.8 Å². The molecule has 0 saturated carbocycles. The van der Waals surface area contributed by atoms with Crippen molar-refractivity contribution in [2.24, 2.45) is 11.8 Å². The van der Waals surface area contributed by atoms with Crippen molar-refractivity contribution in [3.63, 3.8) is 0 Å². The van der Waals surface area contributed by atoms with Gasteiger partial charge in [0.25, 0.3) is 0 Å². The van der Waals surface area contributed by atoms with E-state index in [1.54, 1.807) is 0 Å². The lowest BCUT2D eigenvalue weighted by molar-refractivity contribution is -0.295. The van der Waals surface area contributed by atoms with Gasteiger partial charge in [-0.1, -0.05) is 18.6 Å². The largest absolute Gasteiger partial charge is 0.396 e. The number of ether oxygens (including phenoxy) is 2. The molecule has 1 N–H and O–H groups in total. The zero-order chi connectivity index (χ0) is 13.2. The molecular weight excluding hydrogens is 228 g/mol. The van der Waals surface area contributed by atoms with Gasteiger partial charge in [-0.3, -0.25) is 0 Å². The molecule has 1 saturated heterocycles. The van der Waals surface area contributed by atoms with Gasteiger partial charge in [-0.05, 0) is 45.4 Å². The van der Waals surface area contributed by atoms with Crippen molar-refractivity contribution in [1.82, 2.24) is 0 Å². The SMILES string of the molecule is C[C@H]1CC=C(C[C@H]2OC(C)(C)OC[C@H]2CO)CC1. The van der Waals surface area contributed by atoms with Crippen LogP contribution in [-0.2, 0) is 9.47 Å². The molecule has 104 valence electrons. The first-order valence-electron chi connectivity index (χ1n) is 7.10. The van der Waals surface area contributed by atoms with Gasteiger partial charge < -0.3 is 14.6 Å². The van der Waals surface area contributed by atoms with E-state index in [9.17, 15) is 5.11 Å². The van der Waals surface area contributed by atoms with E-state index in [-0.39, 0.29) is 18.6 Å². The van der Waals surface area contributed by atoms with Gasteiger partial charge in [0.15, 0.2) is 5.79 Å². The van der Waals surface area contributed by atoms with Crippen molar-refractivity contribution in [1.29, 1.82) is 0 Å². The predicted molar refractivity (Wildman–Crippen MR) is 71.2 cm³/mol. The molecule has 18 heavy (non-hydrogen) atoms. The molecule has 3 heteroatoms. The lowest BCUT2D eigenvalue weighted by atomic mass is 9.86. The summed E-state index contributed by atoms with van der Waals surface area (Å²) in [7, 11) is 0. The highest BCUT2D eigenvalue weighted by Crippen LogP contribution is 2.33. The van der Waals surface area contributed by atoms with E-state index in [0.29, 0.717) is 6.61 Å². The van der Waals surface area contributed by atoms with Crippen molar-refractivity contribution in [3.8, 4) is 0 Å². The van der Waals surface area contributed by atoms with Crippen LogP contribution in [0.1, 0.15) is 46.5 Å². The summed E-state index contributed by atoms with van der Waals surface area (Å²) in [5, 5.41) is 9.42. The van der Waals surface area contributed by atoms with Crippen LogP contribution in [0.3, 0.4) is 0 Å². The van der Waals surface area contributed by atoms with Gasteiger partial charge in [-0.25, -0.2) is 0 Å². The van der Waals surface area contributed by atoms with Crippen LogP contribution in [0.4, 0.5) is 0 Å². The lowest BCUT2D eigenvalue weighted by Gasteiger charge is -2.41. The summed E-state index contributed by atoms with van der Waals surface area (Å²) in [5.41, 5.74) is 1.49. The van der Waals surface area contributed by atoms with Crippen LogP contribution < -0.4 is 0 Å². The minimum atomic E-state index is -0.515. The van der Waals surface area contributed by atoms with Crippen molar-refractivity contribution >= 4 is 0 Å². The summed E-state index contributed by atoms with van der Waals surface area (Å²) in [6, 6.07) is 0. The average Bonchev–Trinajstić information content (AvgIpc) is 2.31. The van der Waals surface area contributed by atoms with Gasteiger partial charge in [0, 0.05) is 5.92 Å². The van der Waals surface area contributed by atoms with Crippen molar-refractivity contribution < 1.29 is 14.6 Å². The number of hydrogen-bond acceptors (Lipinski definition) is 3. The Bertz CT molecular complexity index is 309.